The van der Waals surface area contributed by atoms with E-state index < -0.39 is 5.97 Å². The van der Waals surface area contributed by atoms with Gasteiger partial charge in [0.1, 0.15) is 5.75 Å². The summed E-state index contributed by atoms with van der Waals surface area (Å²) in [5.41, 5.74) is 0.428. The first-order valence-corrected chi connectivity index (χ1v) is 3.74. The van der Waals surface area contributed by atoms with Crippen LogP contribution in [0.3, 0.4) is 0 Å². The second-order valence-corrected chi connectivity index (χ2v) is 2.35. The van der Waals surface area contributed by atoms with Crippen LogP contribution in [0.2, 0.25) is 0 Å². The van der Waals surface area contributed by atoms with E-state index in [0.29, 0.717) is 5.56 Å². The summed E-state index contributed by atoms with van der Waals surface area (Å²) in [6, 6.07) is 5.86. The molecular weight excluding hydrogens is 259 g/mol. The van der Waals surface area contributed by atoms with Crippen LogP contribution in [-0.2, 0) is 3.07 Å². The van der Waals surface area contributed by atoms with E-state index >= 15 is 0 Å². The second-order valence-electron chi connectivity index (χ2n) is 1.91. The van der Waals surface area contributed by atoms with Crippen LogP contribution in [0.15, 0.2) is 24.3 Å². The molecule has 0 bridgehead atoms. The number of hydrogen-bond donors (Lipinski definition) is 1. The third-order valence-corrected chi connectivity index (χ3v) is 1.57. The predicted molar refractivity (Wildman–Crippen MR) is 47.5 cm³/mol. The summed E-state index contributed by atoms with van der Waals surface area (Å²) in [4.78, 5) is 10.8. The van der Waals surface area contributed by atoms with Gasteiger partial charge in [0.05, 0.1) is 5.56 Å². The number of aromatic hydroxyl groups is 1. The van der Waals surface area contributed by atoms with E-state index in [1.54, 1.807) is 0 Å². The highest BCUT2D eigenvalue weighted by Gasteiger charge is 2.03. The Hall–Kier alpha value is -0.780. The van der Waals surface area contributed by atoms with E-state index in [0.717, 1.165) is 0 Å². The third kappa shape index (κ3) is 2.07. The Morgan fingerprint density at radius 1 is 1.36 bits per heavy atom. The van der Waals surface area contributed by atoms with E-state index in [1.165, 1.54) is 47.3 Å². The Balaban J connectivity index is 2.90. The highest BCUT2D eigenvalue weighted by atomic mass is 127. The van der Waals surface area contributed by atoms with Crippen molar-refractivity contribution in [1.29, 1.82) is 0 Å². The monoisotopic (exact) mass is 264 g/mol. The standard InChI is InChI=1S/C7H5IO3/c8-11-7(10)5-1-3-6(9)4-2-5/h1-4,9H. The van der Waals surface area contributed by atoms with Gasteiger partial charge in [-0.2, -0.15) is 0 Å². The molecule has 0 saturated heterocycles. The summed E-state index contributed by atoms with van der Waals surface area (Å²) in [7, 11) is 0. The molecule has 58 valence electrons. The molecule has 0 aliphatic carbocycles. The lowest BCUT2D eigenvalue weighted by molar-refractivity contribution is 0.0800. The molecule has 1 N–H and O–H groups in total. The van der Waals surface area contributed by atoms with Gasteiger partial charge in [-0.25, -0.2) is 4.79 Å². The first-order chi connectivity index (χ1) is 5.24. The van der Waals surface area contributed by atoms with Crippen molar-refractivity contribution in [3.05, 3.63) is 29.8 Å². The van der Waals surface area contributed by atoms with Crippen LogP contribution in [0, 0.1) is 0 Å². The molecule has 4 heteroatoms. The molecule has 0 unspecified atom stereocenters. The predicted octanol–water partition coefficient (Wildman–Crippen LogP) is 1.90. The summed E-state index contributed by atoms with van der Waals surface area (Å²) >= 11 is 1.51. The molecule has 0 heterocycles. The Bertz CT molecular complexity index is 255. The van der Waals surface area contributed by atoms with Crippen molar-refractivity contribution in [2.45, 2.75) is 0 Å². The molecule has 1 aromatic rings. The molecule has 3 nitrogen and oxygen atoms in total. The van der Waals surface area contributed by atoms with Gasteiger partial charge < -0.3 is 8.17 Å². The molecule has 1 aromatic carbocycles. The number of halogens is 1. The summed E-state index contributed by atoms with van der Waals surface area (Å²) in [5.74, 6) is -0.277. The van der Waals surface area contributed by atoms with Crippen molar-refractivity contribution in [3.8, 4) is 5.75 Å². The van der Waals surface area contributed by atoms with Crippen LogP contribution >= 0.6 is 23.0 Å². The average molecular weight is 264 g/mol. The lowest BCUT2D eigenvalue weighted by Gasteiger charge is -1.95. The van der Waals surface area contributed by atoms with E-state index in [1.807, 2.05) is 0 Å². The van der Waals surface area contributed by atoms with Crippen molar-refractivity contribution in [2.75, 3.05) is 0 Å². The minimum Gasteiger partial charge on any atom is -0.508 e. The molecule has 0 fully saturated rings. The topological polar surface area (TPSA) is 46.5 Å². The SMILES string of the molecule is O=C(OI)c1ccc(O)cc1. The molecule has 0 saturated carbocycles. The summed E-state index contributed by atoms with van der Waals surface area (Å²) in [6.45, 7) is 0. The van der Waals surface area contributed by atoms with E-state index in [2.05, 4.69) is 3.07 Å². The van der Waals surface area contributed by atoms with Crippen molar-refractivity contribution >= 4 is 29.0 Å². The maximum absolute atomic E-state index is 10.8. The Kier molecular flexibility index (Phi) is 2.70. The first kappa shape index (κ1) is 8.32. The molecule has 0 aromatic heterocycles. The van der Waals surface area contributed by atoms with Crippen molar-refractivity contribution in [1.82, 2.24) is 0 Å². The smallest absolute Gasteiger partial charge is 0.347 e. The number of benzene rings is 1. The highest BCUT2D eigenvalue weighted by Crippen LogP contribution is 2.11. The number of carbonyl (C=O) groups excluding carboxylic acids is 1. The Morgan fingerprint density at radius 2 is 1.91 bits per heavy atom. The lowest BCUT2D eigenvalue weighted by Crippen LogP contribution is -1.95. The zero-order valence-electron chi connectivity index (χ0n) is 5.45. The molecule has 0 aliphatic heterocycles. The fourth-order valence-corrected chi connectivity index (χ4v) is 0.896. The van der Waals surface area contributed by atoms with Gasteiger partial charge >= 0.3 is 5.97 Å². The maximum atomic E-state index is 10.8. The zero-order chi connectivity index (χ0) is 8.27. The Labute approximate surface area is 77.7 Å². The number of hydrogen-bond acceptors (Lipinski definition) is 3. The highest BCUT2D eigenvalue weighted by molar-refractivity contribution is 14.1. The van der Waals surface area contributed by atoms with Gasteiger partial charge in [0.2, 0.25) is 0 Å². The van der Waals surface area contributed by atoms with Crippen molar-refractivity contribution < 1.29 is 13.0 Å². The van der Waals surface area contributed by atoms with E-state index in [9.17, 15) is 4.79 Å². The van der Waals surface area contributed by atoms with Crippen LogP contribution in [0.5, 0.6) is 5.75 Å². The van der Waals surface area contributed by atoms with Gasteiger partial charge in [-0.05, 0) is 24.3 Å². The van der Waals surface area contributed by atoms with Gasteiger partial charge in [0.25, 0.3) is 0 Å². The van der Waals surface area contributed by atoms with Crippen molar-refractivity contribution in [3.63, 3.8) is 0 Å². The Morgan fingerprint density at radius 3 is 2.36 bits per heavy atom. The molecular formula is C7H5IO3. The molecule has 0 amide bonds. The minimum absolute atomic E-state index is 0.134. The fraction of sp³-hybridized carbons (Fsp3) is 0. The molecule has 0 atom stereocenters. The van der Waals surface area contributed by atoms with E-state index in [4.69, 9.17) is 5.11 Å². The van der Waals surface area contributed by atoms with Crippen LogP contribution in [0.1, 0.15) is 10.4 Å². The number of phenols is 1. The molecule has 11 heavy (non-hydrogen) atoms. The fourth-order valence-electron chi connectivity index (χ4n) is 0.642. The summed E-state index contributed by atoms with van der Waals surface area (Å²) < 4.78 is 4.43. The third-order valence-electron chi connectivity index (χ3n) is 1.17. The van der Waals surface area contributed by atoms with Crippen molar-refractivity contribution in [2.24, 2.45) is 0 Å². The number of phenolic OH excluding ortho intramolecular Hbond substituents is 1. The second kappa shape index (κ2) is 3.56. The van der Waals surface area contributed by atoms with Gasteiger partial charge in [-0.1, -0.05) is 0 Å². The maximum Gasteiger partial charge on any atom is 0.347 e. The van der Waals surface area contributed by atoms with Gasteiger partial charge in [0, 0.05) is 0 Å². The first-order valence-electron chi connectivity index (χ1n) is 2.86. The summed E-state index contributed by atoms with van der Waals surface area (Å²) in [5, 5.41) is 8.86. The minimum atomic E-state index is -0.411. The molecule has 0 aliphatic rings. The van der Waals surface area contributed by atoms with Crippen LogP contribution < -0.4 is 0 Å². The van der Waals surface area contributed by atoms with Crippen LogP contribution in [-0.4, -0.2) is 11.1 Å². The van der Waals surface area contributed by atoms with Crippen LogP contribution in [0.4, 0.5) is 0 Å². The molecule has 0 radical (unpaired) electrons. The number of rotatable bonds is 1. The molecule has 1 rings (SSSR count). The van der Waals surface area contributed by atoms with E-state index in [-0.39, 0.29) is 5.75 Å². The van der Waals surface area contributed by atoms with Crippen LogP contribution in [0.25, 0.3) is 0 Å². The largest absolute Gasteiger partial charge is 0.508 e. The zero-order valence-corrected chi connectivity index (χ0v) is 7.61. The summed E-state index contributed by atoms with van der Waals surface area (Å²) in [6.07, 6.45) is 0. The van der Waals surface area contributed by atoms with Gasteiger partial charge in [-0.15, -0.1) is 0 Å². The molecule has 0 spiro atoms. The lowest BCUT2D eigenvalue weighted by atomic mass is 10.2. The number of carbonyl (C=O) groups is 1. The van der Waals surface area contributed by atoms with Gasteiger partial charge in [0.15, 0.2) is 23.0 Å². The van der Waals surface area contributed by atoms with Gasteiger partial charge in [-0.3, -0.25) is 0 Å². The normalized spacial score (nSPS) is 9.18. The average Bonchev–Trinajstić information content (AvgIpc) is 2.05. The quantitative estimate of drug-likeness (QED) is 0.788.